The lowest BCUT2D eigenvalue weighted by Crippen LogP contribution is -2.27. The van der Waals surface area contributed by atoms with Crippen molar-refractivity contribution in [2.24, 2.45) is 0 Å². The minimum absolute atomic E-state index is 0.145. The Bertz CT molecular complexity index is 583. The minimum atomic E-state index is -0.411. The highest BCUT2D eigenvalue weighted by Gasteiger charge is 2.07. The monoisotopic (exact) mass is 274 g/mol. The van der Waals surface area contributed by atoms with Crippen LogP contribution in [0.1, 0.15) is 19.2 Å². The van der Waals surface area contributed by atoms with E-state index in [4.69, 9.17) is 4.42 Å². The Morgan fingerprint density at radius 2 is 2.25 bits per heavy atom. The Morgan fingerprint density at radius 1 is 1.50 bits per heavy atom. The fourth-order valence-electron chi connectivity index (χ4n) is 1.72. The van der Waals surface area contributed by atoms with Gasteiger partial charge in [0.15, 0.2) is 5.58 Å². The second-order valence-electron chi connectivity index (χ2n) is 4.75. The molecular formula is C15H18N2O3. The molecule has 0 bridgehead atoms. The molecule has 1 aromatic heterocycles. The quantitative estimate of drug-likeness (QED) is 0.848. The zero-order chi connectivity index (χ0) is 14.5. The second kappa shape index (κ2) is 6.34. The van der Waals surface area contributed by atoms with E-state index in [-0.39, 0.29) is 5.91 Å². The van der Waals surface area contributed by atoms with Crippen LogP contribution < -0.4 is 0 Å². The van der Waals surface area contributed by atoms with Crippen molar-refractivity contribution in [2.45, 2.75) is 19.4 Å². The third-order valence-corrected chi connectivity index (χ3v) is 2.94. The first-order valence-electron chi connectivity index (χ1n) is 6.53. The number of amides is 1. The van der Waals surface area contributed by atoms with Gasteiger partial charge in [0.05, 0.1) is 6.10 Å². The molecule has 0 aliphatic carbocycles. The van der Waals surface area contributed by atoms with Crippen LogP contribution in [0.3, 0.4) is 0 Å². The van der Waals surface area contributed by atoms with E-state index in [0.29, 0.717) is 24.4 Å². The average Bonchev–Trinajstić information content (AvgIpc) is 2.84. The maximum absolute atomic E-state index is 11.8. The summed E-state index contributed by atoms with van der Waals surface area (Å²) in [6, 6.07) is 7.44. The number of carbonyl (C=O) groups is 1. The van der Waals surface area contributed by atoms with E-state index in [1.165, 1.54) is 6.08 Å². The van der Waals surface area contributed by atoms with E-state index in [2.05, 4.69) is 4.98 Å². The molecule has 1 amide bonds. The lowest BCUT2D eigenvalue weighted by Gasteiger charge is -2.15. The number of hydrogen-bond donors (Lipinski definition) is 1. The Labute approximate surface area is 117 Å². The largest absolute Gasteiger partial charge is 0.437 e. The minimum Gasteiger partial charge on any atom is -0.437 e. The fraction of sp³-hybridized carbons (Fsp3) is 0.333. The number of likely N-dealkylation sites (N-methyl/N-ethyl adjacent to an activating group) is 1. The van der Waals surface area contributed by atoms with Gasteiger partial charge in [0.2, 0.25) is 11.8 Å². The van der Waals surface area contributed by atoms with Crippen LogP contribution in [0.5, 0.6) is 0 Å². The molecule has 0 radical (unpaired) electrons. The van der Waals surface area contributed by atoms with Gasteiger partial charge in [-0.25, -0.2) is 4.98 Å². The predicted molar refractivity (Wildman–Crippen MR) is 77.0 cm³/mol. The van der Waals surface area contributed by atoms with Crippen LogP contribution in [0.2, 0.25) is 0 Å². The standard InChI is InChI=1S/C15H18N2O3/c1-11(18)9-10-17(2)15(19)8-7-14-16-12-5-3-4-6-13(12)20-14/h3-8,11,18H,9-10H2,1-2H3. The molecule has 5 heteroatoms. The van der Waals surface area contributed by atoms with E-state index in [0.717, 1.165) is 5.52 Å². The zero-order valence-electron chi connectivity index (χ0n) is 11.6. The van der Waals surface area contributed by atoms with Crippen molar-refractivity contribution in [3.8, 4) is 0 Å². The van der Waals surface area contributed by atoms with Crippen molar-refractivity contribution in [1.82, 2.24) is 9.88 Å². The van der Waals surface area contributed by atoms with Gasteiger partial charge < -0.3 is 14.4 Å². The lowest BCUT2D eigenvalue weighted by atomic mass is 10.3. The Morgan fingerprint density at radius 3 is 2.95 bits per heavy atom. The summed E-state index contributed by atoms with van der Waals surface area (Å²) in [6.45, 7) is 2.21. The SMILES string of the molecule is CC(O)CCN(C)C(=O)C=Cc1nc2ccccc2o1. The lowest BCUT2D eigenvalue weighted by molar-refractivity contribution is -0.124. The molecule has 0 saturated carbocycles. The third-order valence-electron chi connectivity index (χ3n) is 2.94. The van der Waals surface area contributed by atoms with E-state index < -0.39 is 6.10 Å². The molecule has 0 saturated heterocycles. The molecule has 0 aliphatic heterocycles. The molecule has 2 aromatic rings. The number of nitrogens with zero attached hydrogens (tertiary/aromatic N) is 2. The van der Waals surface area contributed by atoms with E-state index in [9.17, 15) is 9.90 Å². The molecular weight excluding hydrogens is 256 g/mol. The predicted octanol–water partition coefficient (Wildman–Crippen LogP) is 2.07. The molecule has 1 atom stereocenters. The van der Waals surface area contributed by atoms with Crippen molar-refractivity contribution in [3.05, 3.63) is 36.2 Å². The van der Waals surface area contributed by atoms with Crippen molar-refractivity contribution in [3.63, 3.8) is 0 Å². The normalized spacial score (nSPS) is 12.9. The van der Waals surface area contributed by atoms with Gasteiger partial charge in [0.25, 0.3) is 0 Å². The zero-order valence-corrected chi connectivity index (χ0v) is 11.6. The van der Waals surface area contributed by atoms with E-state index >= 15 is 0 Å². The van der Waals surface area contributed by atoms with Crippen molar-refractivity contribution in [1.29, 1.82) is 0 Å². The second-order valence-corrected chi connectivity index (χ2v) is 4.75. The molecule has 5 nitrogen and oxygen atoms in total. The maximum atomic E-state index is 11.8. The third kappa shape index (κ3) is 3.68. The summed E-state index contributed by atoms with van der Waals surface area (Å²) in [6.07, 6.45) is 3.12. The van der Waals surface area contributed by atoms with Gasteiger partial charge in [-0.05, 0) is 25.5 Å². The fourth-order valence-corrected chi connectivity index (χ4v) is 1.72. The van der Waals surface area contributed by atoms with Gasteiger partial charge in [-0.15, -0.1) is 0 Å². The number of hydrogen-bond acceptors (Lipinski definition) is 4. The van der Waals surface area contributed by atoms with Crippen LogP contribution in [0.25, 0.3) is 17.2 Å². The van der Waals surface area contributed by atoms with Gasteiger partial charge in [-0.1, -0.05) is 12.1 Å². The highest BCUT2D eigenvalue weighted by Crippen LogP contribution is 2.15. The molecule has 2 rings (SSSR count). The number of oxazole rings is 1. The molecule has 106 valence electrons. The first-order valence-corrected chi connectivity index (χ1v) is 6.53. The summed E-state index contributed by atoms with van der Waals surface area (Å²) in [5.74, 6) is 0.261. The van der Waals surface area contributed by atoms with E-state index in [1.807, 2.05) is 24.3 Å². The van der Waals surface area contributed by atoms with Crippen LogP contribution in [0.15, 0.2) is 34.8 Å². The van der Waals surface area contributed by atoms with Gasteiger partial charge in [0, 0.05) is 25.7 Å². The number of aromatic nitrogens is 1. The summed E-state index contributed by atoms with van der Waals surface area (Å²) in [5.41, 5.74) is 1.46. The number of para-hydroxylation sites is 2. The highest BCUT2D eigenvalue weighted by molar-refractivity contribution is 5.91. The summed E-state index contributed by atoms with van der Waals surface area (Å²) >= 11 is 0. The summed E-state index contributed by atoms with van der Waals surface area (Å²) in [4.78, 5) is 17.6. The molecule has 1 unspecified atom stereocenters. The topological polar surface area (TPSA) is 66.6 Å². The van der Waals surface area contributed by atoms with Crippen LogP contribution in [0.4, 0.5) is 0 Å². The molecule has 0 aliphatic rings. The molecule has 1 N–H and O–H groups in total. The van der Waals surface area contributed by atoms with Gasteiger partial charge in [-0.2, -0.15) is 0 Å². The molecule has 1 heterocycles. The van der Waals surface area contributed by atoms with Gasteiger partial charge >= 0.3 is 0 Å². The number of aliphatic hydroxyl groups is 1. The Kier molecular flexibility index (Phi) is 4.53. The van der Waals surface area contributed by atoms with Crippen LogP contribution in [-0.4, -0.2) is 40.6 Å². The van der Waals surface area contributed by atoms with Crippen LogP contribution in [-0.2, 0) is 4.79 Å². The Hall–Kier alpha value is -2.14. The summed E-state index contributed by atoms with van der Waals surface area (Å²) < 4.78 is 5.49. The smallest absolute Gasteiger partial charge is 0.246 e. The summed E-state index contributed by atoms with van der Waals surface area (Å²) in [5, 5.41) is 9.19. The average molecular weight is 274 g/mol. The van der Waals surface area contributed by atoms with Crippen molar-refractivity contribution < 1.29 is 14.3 Å². The van der Waals surface area contributed by atoms with Gasteiger partial charge in [-0.3, -0.25) is 4.79 Å². The molecule has 0 fully saturated rings. The number of rotatable bonds is 5. The van der Waals surface area contributed by atoms with E-state index in [1.54, 1.807) is 24.9 Å². The molecule has 1 aromatic carbocycles. The van der Waals surface area contributed by atoms with Crippen LogP contribution >= 0.6 is 0 Å². The first-order chi connectivity index (χ1) is 9.56. The van der Waals surface area contributed by atoms with Crippen LogP contribution in [0, 0.1) is 0 Å². The van der Waals surface area contributed by atoms with Gasteiger partial charge in [0.1, 0.15) is 5.52 Å². The molecule has 20 heavy (non-hydrogen) atoms. The Balaban J connectivity index is 1.99. The molecule has 0 spiro atoms. The maximum Gasteiger partial charge on any atom is 0.246 e. The summed E-state index contributed by atoms with van der Waals surface area (Å²) in [7, 11) is 1.70. The number of fused-ring (bicyclic) bond motifs is 1. The number of carbonyl (C=O) groups excluding carboxylic acids is 1. The van der Waals surface area contributed by atoms with Crippen molar-refractivity contribution in [2.75, 3.05) is 13.6 Å². The number of aliphatic hydroxyl groups excluding tert-OH is 1. The highest BCUT2D eigenvalue weighted by atomic mass is 16.3. The first kappa shape index (κ1) is 14.3. The number of benzene rings is 1. The van der Waals surface area contributed by atoms with Crippen molar-refractivity contribution >= 4 is 23.1 Å².